The number of carbonyl (C=O) groups is 1. The maximum absolute atomic E-state index is 12.6. The molecule has 0 aromatic rings. The Hall–Kier alpha value is -0.610. The van der Waals surface area contributed by atoms with Gasteiger partial charge in [-0.3, -0.25) is 9.69 Å². The highest BCUT2D eigenvalue weighted by Gasteiger charge is 2.32. The van der Waals surface area contributed by atoms with E-state index >= 15 is 0 Å². The molecule has 112 valence electrons. The number of amides is 1. The van der Waals surface area contributed by atoms with Crippen molar-refractivity contribution in [1.82, 2.24) is 9.80 Å². The van der Waals surface area contributed by atoms with E-state index in [2.05, 4.69) is 18.7 Å². The van der Waals surface area contributed by atoms with Gasteiger partial charge in [0.15, 0.2) is 0 Å². The van der Waals surface area contributed by atoms with E-state index < -0.39 is 0 Å². The molecule has 19 heavy (non-hydrogen) atoms. The maximum Gasteiger partial charge on any atom is 0.240 e. The normalized spacial score (nSPS) is 27.4. The lowest BCUT2D eigenvalue weighted by molar-refractivity contribution is -0.142. The minimum atomic E-state index is -0.308. The molecule has 4 atom stereocenters. The highest BCUT2D eigenvalue weighted by molar-refractivity contribution is 5.82. The molecule has 0 aromatic heterocycles. The minimum absolute atomic E-state index is 0.109. The van der Waals surface area contributed by atoms with Gasteiger partial charge in [-0.05, 0) is 60.4 Å². The van der Waals surface area contributed by atoms with Crippen molar-refractivity contribution in [2.45, 2.75) is 77.6 Å². The van der Waals surface area contributed by atoms with E-state index in [1.165, 1.54) is 6.42 Å². The van der Waals surface area contributed by atoms with Crippen LogP contribution in [0.5, 0.6) is 0 Å². The van der Waals surface area contributed by atoms with Gasteiger partial charge in [0.25, 0.3) is 0 Å². The highest BCUT2D eigenvalue weighted by Crippen LogP contribution is 2.23. The van der Waals surface area contributed by atoms with E-state index in [0.29, 0.717) is 18.5 Å². The van der Waals surface area contributed by atoms with Gasteiger partial charge in [-0.2, -0.15) is 0 Å². The van der Waals surface area contributed by atoms with Crippen LogP contribution in [-0.2, 0) is 4.79 Å². The molecule has 4 nitrogen and oxygen atoms in total. The second-order valence-electron chi connectivity index (χ2n) is 6.17. The summed E-state index contributed by atoms with van der Waals surface area (Å²) in [5.41, 5.74) is 0. The van der Waals surface area contributed by atoms with Gasteiger partial charge in [-0.25, -0.2) is 0 Å². The van der Waals surface area contributed by atoms with Crippen molar-refractivity contribution in [3.63, 3.8) is 0 Å². The van der Waals surface area contributed by atoms with Crippen molar-refractivity contribution in [1.29, 1.82) is 0 Å². The van der Waals surface area contributed by atoms with Gasteiger partial charge in [-0.15, -0.1) is 0 Å². The Morgan fingerprint density at radius 3 is 2.32 bits per heavy atom. The van der Waals surface area contributed by atoms with Gasteiger partial charge >= 0.3 is 0 Å². The number of likely N-dealkylation sites (N-methyl/N-ethyl adjacent to an activating group) is 1. The first-order valence-corrected chi connectivity index (χ1v) is 7.55. The Kier molecular flexibility index (Phi) is 6.27. The molecule has 0 aromatic carbocycles. The van der Waals surface area contributed by atoms with E-state index in [9.17, 15) is 9.90 Å². The molecule has 4 heteroatoms. The Labute approximate surface area is 117 Å². The zero-order chi connectivity index (χ0) is 14.6. The predicted molar refractivity (Wildman–Crippen MR) is 78.0 cm³/mol. The van der Waals surface area contributed by atoms with Crippen molar-refractivity contribution in [2.24, 2.45) is 0 Å². The molecule has 1 N–H and O–H groups in total. The van der Waals surface area contributed by atoms with Crippen LogP contribution >= 0.6 is 0 Å². The van der Waals surface area contributed by atoms with Gasteiger partial charge in [0.05, 0.1) is 12.1 Å². The molecule has 1 aliphatic heterocycles. The largest absolute Gasteiger partial charge is 0.393 e. The molecule has 1 amide bonds. The number of aliphatic hydroxyl groups is 1. The first-order chi connectivity index (χ1) is 8.84. The van der Waals surface area contributed by atoms with Crippen molar-refractivity contribution in [2.75, 3.05) is 13.6 Å². The Balaban J connectivity index is 2.59. The molecular formula is C15H30N2O2. The van der Waals surface area contributed by atoms with Crippen molar-refractivity contribution in [3.05, 3.63) is 0 Å². The zero-order valence-electron chi connectivity index (χ0n) is 13.1. The monoisotopic (exact) mass is 270 g/mol. The second-order valence-corrected chi connectivity index (χ2v) is 6.17. The number of nitrogens with zero attached hydrogens (tertiary/aromatic N) is 2. The third-order valence-electron chi connectivity index (χ3n) is 4.37. The summed E-state index contributed by atoms with van der Waals surface area (Å²) in [7, 11) is 1.96. The van der Waals surface area contributed by atoms with Crippen LogP contribution in [-0.4, -0.2) is 58.6 Å². The van der Waals surface area contributed by atoms with Crippen LogP contribution in [0, 0.1) is 0 Å². The van der Waals surface area contributed by atoms with E-state index in [-0.39, 0.29) is 18.1 Å². The predicted octanol–water partition coefficient (Wildman–Crippen LogP) is 1.87. The average molecular weight is 270 g/mol. The molecule has 0 saturated carbocycles. The van der Waals surface area contributed by atoms with Crippen LogP contribution in [0.2, 0.25) is 0 Å². The molecule has 4 unspecified atom stereocenters. The molecule has 0 spiro atoms. The fourth-order valence-corrected chi connectivity index (χ4v) is 2.84. The van der Waals surface area contributed by atoms with Gasteiger partial charge in [0, 0.05) is 18.6 Å². The standard InChI is InChI=1S/C15H30N2O2/c1-11-7-6-8-12(2)17(11)15(19)14(4)16(5)10-9-13(3)18/h11-14,18H,6-10H2,1-5H3. The van der Waals surface area contributed by atoms with Gasteiger partial charge in [-0.1, -0.05) is 0 Å². The number of likely N-dealkylation sites (tertiary alicyclic amines) is 1. The smallest absolute Gasteiger partial charge is 0.240 e. The fraction of sp³-hybridized carbons (Fsp3) is 0.933. The summed E-state index contributed by atoms with van der Waals surface area (Å²) in [6.45, 7) is 8.81. The van der Waals surface area contributed by atoms with Crippen molar-refractivity contribution >= 4 is 5.91 Å². The van der Waals surface area contributed by atoms with Crippen LogP contribution in [0.25, 0.3) is 0 Å². The maximum atomic E-state index is 12.6. The average Bonchev–Trinajstić information content (AvgIpc) is 2.34. The number of rotatable bonds is 5. The molecule has 1 rings (SSSR count). The summed E-state index contributed by atoms with van der Waals surface area (Å²) in [5.74, 6) is 0.229. The minimum Gasteiger partial charge on any atom is -0.393 e. The summed E-state index contributed by atoms with van der Waals surface area (Å²) >= 11 is 0. The van der Waals surface area contributed by atoms with Crippen LogP contribution < -0.4 is 0 Å². The molecule has 0 radical (unpaired) electrons. The van der Waals surface area contributed by atoms with Crippen LogP contribution in [0.4, 0.5) is 0 Å². The zero-order valence-corrected chi connectivity index (χ0v) is 13.1. The lowest BCUT2D eigenvalue weighted by atomic mass is 9.96. The second kappa shape index (κ2) is 7.25. The van der Waals surface area contributed by atoms with Gasteiger partial charge in [0.2, 0.25) is 5.91 Å². The van der Waals surface area contributed by atoms with Crippen LogP contribution in [0.3, 0.4) is 0 Å². The lowest BCUT2D eigenvalue weighted by Gasteiger charge is -2.41. The van der Waals surface area contributed by atoms with Crippen molar-refractivity contribution < 1.29 is 9.90 Å². The fourth-order valence-electron chi connectivity index (χ4n) is 2.84. The first kappa shape index (κ1) is 16.4. The van der Waals surface area contributed by atoms with Gasteiger partial charge < -0.3 is 10.0 Å². The number of aliphatic hydroxyl groups excluding tert-OH is 1. The highest BCUT2D eigenvalue weighted by atomic mass is 16.3. The van der Waals surface area contributed by atoms with Gasteiger partial charge in [0.1, 0.15) is 0 Å². The number of hydrogen-bond donors (Lipinski definition) is 1. The third kappa shape index (κ3) is 4.46. The van der Waals surface area contributed by atoms with E-state index in [0.717, 1.165) is 19.4 Å². The molecule has 1 saturated heterocycles. The lowest BCUT2D eigenvalue weighted by Crippen LogP contribution is -2.54. The summed E-state index contributed by atoms with van der Waals surface area (Å²) in [6.07, 6.45) is 3.84. The van der Waals surface area contributed by atoms with E-state index in [1.54, 1.807) is 6.92 Å². The first-order valence-electron chi connectivity index (χ1n) is 7.55. The SMILES string of the molecule is CC(O)CCN(C)C(C)C(=O)N1C(C)CCCC1C. The summed E-state index contributed by atoms with van der Waals surface area (Å²) in [4.78, 5) is 16.7. The molecule has 0 aliphatic carbocycles. The summed E-state index contributed by atoms with van der Waals surface area (Å²) < 4.78 is 0. The van der Waals surface area contributed by atoms with E-state index in [4.69, 9.17) is 0 Å². The van der Waals surface area contributed by atoms with Crippen LogP contribution in [0.1, 0.15) is 53.4 Å². The molecule has 1 aliphatic rings. The summed E-state index contributed by atoms with van der Waals surface area (Å²) in [6, 6.07) is 0.592. The Bertz CT molecular complexity index is 284. The van der Waals surface area contributed by atoms with E-state index in [1.807, 2.05) is 18.9 Å². The Morgan fingerprint density at radius 1 is 1.32 bits per heavy atom. The molecular weight excluding hydrogens is 240 g/mol. The molecule has 0 bridgehead atoms. The topological polar surface area (TPSA) is 43.8 Å². The van der Waals surface area contributed by atoms with Crippen LogP contribution in [0.15, 0.2) is 0 Å². The number of piperidine rings is 1. The quantitative estimate of drug-likeness (QED) is 0.829. The molecule has 1 heterocycles. The van der Waals surface area contributed by atoms with Crippen molar-refractivity contribution in [3.8, 4) is 0 Å². The molecule has 1 fully saturated rings. The Morgan fingerprint density at radius 2 is 1.84 bits per heavy atom. The summed E-state index contributed by atoms with van der Waals surface area (Å²) in [5, 5.41) is 9.33. The third-order valence-corrected chi connectivity index (χ3v) is 4.37. The number of hydrogen-bond acceptors (Lipinski definition) is 3. The number of carbonyl (C=O) groups excluding carboxylic acids is 1.